The van der Waals surface area contributed by atoms with Gasteiger partial charge in [-0.15, -0.1) is 0 Å². The summed E-state index contributed by atoms with van der Waals surface area (Å²) >= 11 is 0. The predicted molar refractivity (Wildman–Crippen MR) is 132 cm³/mol. The summed E-state index contributed by atoms with van der Waals surface area (Å²) in [5.41, 5.74) is 0.463. The molecule has 0 spiro atoms. The number of hydrogen-bond donors (Lipinski definition) is 0. The molecule has 0 aliphatic carbocycles. The average Bonchev–Trinajstić information content (AvgIpc) is 2.73. The van der Waals surface area contributed by atoms with Crippen LogP contribution in [0.4, 0.5) is 0 Å². The Morgan fingerprint density at radius 3 is 1.11 bits per heavy atom. The maximum Gasteiger partial charge on any atom is 0.192 e. The highest BCUT2D eigenvalue weighted by atomic mass is 28.4. The third-order valence-corrected chi connectivity index (χ3v) is 11.4. The summed E-state index contributed by atoms with van der Waals surface area (Å²) in [6.45, 7) is 15.2. The molecule has 0 saturated carbocycles. The second-order valence-corrected chi connectivity index (χ2v) is 13.7. The summed E-state index contributed by atoms with van der Waals surface area (Å²) in [6, 6.07) is 4.23. The largest absolute Gasteiger partial charge is 0.416 e. The lowest BCUT2D eigenvalue weighted by Gasteiger charge is -2.40. The number of rotatable bonds is 21. The smallest absolute Gasteiger partial charge is 0.192 e. The van der Waals surface area contributed by atoms with Crippen LogP contribution in [0.15, 0.2) is 0 Å². The van der Waals surface area contributed by atoms with Crippen molar-refractivity contribution in [2.45, 2.75) is 156 Å². The molecule has 0 rings (SSSR count). The zero-order valence-electron chi connectivity index (χ0n) is 20.8. The Hall–Kier alpha value is 0.177. The van der Waals surface area contributed by atoms with Crippen LogP contribution in [0.25, 0.3) is 0 Å². The van der Waals surface area contributed by atoms with Crippen molar-refractivity contribution >= 4 is 8.32 Å². The Morgan fingerprint density at radius 2 is 0.821 bits per heavy atom. The molecule has 0 amide bonds. The molecule has 2 heteroatoms. The van der Waals surface area contributed by atoms with Gasteiger partial charge in [0.1, 0.15) is 0 Å². The van der Waals surface area contributed by atoms with Crippen LogP contribution in [0.1, 0.15) is 138 Å². The lowest BCUT2D eigenvalue weighted by molar-refractivity contribution is 0.0942. The zero-order chi connectivity index (χ0) is 21.1. The van der Waals surface area contributed by atoms with Gasteiger partial charge in [0.25, 0.3) is 0 Å². The van der Waals surface area contributed by atoms with Crippen LogP contribution in [-0.4, -0.2) is 14.9 Å². The molecular formula is C26H56OSi. The molecule has 0 fully saturated rings. The fourth-order valence-corrected chi connectivity index (χ4v) is 9.43. The van der Waals surface area contributed by atoms with E-state index in [1.165, 1.54) is 114 Å². The van der Waals surface area contributed by atoms with Crippen molar-refractivity contribution in [1.29, 1.82) is 0 Å². The molecule has 0 radical (unpaired) electrons. The molecule has 0 aromatic carbocycles. The highest BCUT2D eigenvalue weighted by Crippen LogP contribution is 2.40. The molecule has 0 aromatic rings. The third-order valence-electron chi connectivity index (χ3n) is 6.82. The van der Waals surface area contributed by atoms with E-state index in [1.807, 2.05) is 0 Å². The maximum absolute atomic E-state index is 7.23. The molecule has 0 N–H and O–H groups in total. The zero-order valence-corrected chi connectivity index (χ0v) is 21.8. The second-order valence-electron chi connectivity index (χ2n) is 9.59. The maximum atomic E-state index is 7.23. The van der Waals surface area contributed by atoms with Gasteiger partial charge in [-0.05, 0) is 42.8 Å². The van der Waals surface area contributed by atoms with Crippen molar-refractivity contribution < 1.29 is 4.43 Å². The van der Waals surface area contributed by atoms with Crippen molar-refractivity contribution in [3.63, 3.8) is 0 Å². The van der Waals surface area contributed by atoms with Gasteiger partial charge in [-0.1, -0.05) is 119 Å². The summed E-state index contributed by atoms with van der Waals surface area (Å²) in [5.74, 6) is 0. The van der Waals surface area contributed by atoms with Crippen molar-refractivity contribution in [3.05, 3.63) is 0 Å². The fraction of sp³-hybridized carbons (Fsp3) is 1.00. The molecule has 0 heterocycles. The van der Waals surface area contributed by atoms with Gasteiger partial charge in [0.05, 0.1) is 0 Å². The van der Waals surface area contributed by atoms with E-state index in [4.69, 9.17) is 4.43 Å². The van der Waals surface area contributed by atoms with Crippen LogP contribution in [0, 0.1) is 5.41 Å². The topological polar surface area (TPSA) is 9.23 Å². The molecule has 0 aromatic heterocycles. The highest BCUT2D eigenvalue weighted by molar-refractivity contribution is 6.73. The van der Waals surface area contributed by atoms with E-state index in [-0.39, 0.29) is 0 Å². The normalized spacial score (nSPS) is 12.6. The standard InChI is InChI=1S/C26H56OSi/c1-7-13-19-26(20-14-8-2,21-15-9-3)25-27-28(22-16-10-4,23-17-11-5)24-18-12-6/h7-25H2,1-6H3. The van der Waals surface area contributed by atoms with E-state index >= 15 is 0 Å². The summed E-state index contributed by atoms with van der Waals surface area (Å²) in [7, 11) is -1.59. The van der Waals surface area contributed by atoms with Gasteiger partial charge < -0.3 is 4.43 Å². The van der Waals surface area contributed by atoms with Gasteiger partial charge in [0.2, 0.25) is 0 Å². The molecule has 0 atom stereocenters. The molecule has 0 aliphatic heterocycles. The molecule has 0 saturated heterocycles. The number of unbranched alkanes of at least 4 members (excludes halogenated alkanes) is 6. The second kappa shape index (κ2) is 18.0. The van der Waals surface area contributed by atoms with E-state index in [2.05, 4.69) is 41.5 Å². The fourth-order valence-electron chi connectivity index (χ4n) is 4.64. The lowest BCUT2D eigenvalue weighted by Crippen LogP contribution is -2.42. The minimum Gasteiger partial charge on any atom is -0.416 e. The average molecular weight is 413 g/mol. The van der Waals surface area contributed by atoms with Crippen molar-refractivity contribution in [1.82, 2.24) is 0 Å². The predicted octanol–water partition coefficient (Wildman–Crippen LogP) is 9.91. The van der Waals surface area contributed by atoms with Crippen molar-refractivity contribution in [3.8, 4) is 0 Å². The first-order valence-electron chi connectivity index (χ1n) is 13.2. The minimum atomic E-state index is -1.59. The molecule has 0 aliphatic rings. The van der Waals surface area contributed by atoms with Crippen LogP contribution < -0.4 is 0 Å². The molecular weight excluding hydrogens is 356 g/mol. The van der Waals surface area contributed by atoms with Gasteiger partial charge in [0.15, 0.2) is 8.32 Å². The summed E-state index contributed by atoms with van der Waals surface area (Å²) in [4.78, 5) is 0. The first-order chi connectivity index (χ1) is 13.6. The molecule has 170 valence electrons. The van der Waals surface area contributed by atoms with Gasteiger partial charge in [0, 0.05) is 6.61 Å². The van der Waals surface area contributed by atoms with E-state index < -0.39 is 8.32 Å². The molecule has 0 bridgehead atoms. The molecule has 1 nitrogen and oxygen atoms in total. The Bertz CT molecular complexity index is 253. The van der Waals surface area contributed by atoms with E-state index in [9.17, 15) is 0 Å². The van der Waals surface area contributed by atoms with Crippen LogP contribution in [0.2, 0.25) is 18.1 Å². The molecule has 28 heavy (non-hydrogen) atoms. The SMILES string of the molecule is CCCCC(CCCC)(CCCC)CO[Si](CCCC)(CCCC)CCCC. The van der Waals surface area contributed by atoms with E-state index in [0.717, 1.165) is 6.61 Å². The van der Waals surface area contributed by atoms with Crippen LogP contribution in [0.3, 0.4) is 0 Å². The van der Waals surface area contributed by atoms with Gasteiger partial charge in [-0.3, -0.25) is 0 Å². The molecule has 0 unspecified atom stereocenters. The van der Waals surface area contributed by atoms with Gasteiger partial charge in [-0.25, -0.2) is 0 Å². The Kier molecular flexibility index (Phi) is 18.1. The summed E-state index contributed by atoms with van der Waals surface area (Å²) in [5, 5.41) is 0. The van der Waals surface area contributed by atoms with Crippen molar-refractivity contribution in [2.24, 2.45) is 5.41 Å². The van der Waals surface area contributed by atoms with E-state index in [0.29, 0.717) is 5.41 Å². The van der Waals surface area contributed by atoms with Gasteiger partial charge in [-0.2, -0.15) is 0 Å². The summed E-state index contributed by atoms with van der Waals surface area (Å²) < 4.78 is 7.23. The Labute approximate surface area is 180 Å². The quantitative estimate of drug-likeness (QED) is 0.170. The Balaban J connectivity index is 5.42. The van der Waals surface area contributed by atoms with Crippen LogP contribution >= 0.6 is 0 Å². The monoisotopic (exact) mass is 412 g/mol. The van der Waals surface area contributed by atoms with E-state index in [1.54, 1.807) is 0 Å². The van der Waals surface area contributed by atoms with Gasteiger partial charge >= 0.3 is 0 Å². The minimum absolute atomic E-state index is 0.463. The first kappa shape index (κ1) is 28.2. The van der Waals surface area contributed by atoms with Crippen LogP contribution in [-0.2, 0) is 4.43 Å². The van der Waals surface area contributed by atoms with Crippen LogP contribution in [0.5, 0.6) is 0 Å². The lowest BCUT2D eigenvalue weighted by atomic mass is 9.75. The first-order valence-corrected chi connectivity index (χ1v) is 15.7. The highest BCUT2D eigenvalue weighted by Gasteiger charge is 2.37. The summed E-state index contributed by atoms with van der Waals surface area (Å²) in [6.07, 6.45) is 20.4. The number of hydrogen-bond acceptors (Lipinski definition) is 1. The third kappa shape index (κ3) is 12.0. The van der Waals surface area contributed by atoms with Crippen molar-refractivity contribution in [2.75, 3.05) is 6.61 Å². The Morgan fingerprint density at radius 1 is 0.500 bits per heavy atom.